The van der Waals surface area contributed by atoms with Crippen molar-refractivity contribution in [3.63, 3.8) is 0 Å². The van der Waals surface area contributed by atoms with Crippen LogP contribution in [-0.2, 0) is 6.42 Å². The average Bonchev–Trinajstić information content (AvgIpc) is 2.51. The summed E-state index contributed by atoms with van der Waals surface area (Å²) in [5.74, 6) is 0.903. The molecule has 1 atom stereocenters. The molecule has 104 valence electrons. The van der Waals surface area contributed by atoms with Gasteiger partial charge in [-0.25, -0.2) is 9.97 Å². The first-order valence-corrected chi connectivity index (χ1v) is 6.96. The Labute approximate surface area is 119 Å². The molecular weight excluding hydrogens is 250 g/mol. The molecule has 20 heavy (non-hydrogen) atoms. The van der Waals surface area contributed by atoms with Gasteiger partial charge < -0.3 is 10.2 Å². The number of nitrogens with one attached hydrogen (secondary N) is 1. The maximum Gasteiger partial charge on any atom is 0.130 e. The number of nitrogens with zero attached hydrogens (tertiary/aromatic N) is 4. The van der Waals surface area contributed by atoms with E-state index in [1.165, 1.54) is 0 Å². The first kappa shape index (κ1) is 13.1. The lowest BCUT2D eigenvalue weighted by Crippen LogP contribution is -2.50. The first-order valence-electron chi connectivity index (χ1n) is 6.96. The molecule has 5 nitrogen and oxygen atoms in total. The predicted octanol–water partition coefficient (Wildman–Crippen LogP) is 0.985. The summed E-state index contributed by atoms with van der Waals surface area (Å²) in [7, 11) is 2.16. The van der Waals surface area contributed by atoms with E-state index in [1.807, 2.05) is 24.4 Å². The summed E-state index contributed by atoms with van der Waals surface area (Å²) in [6.45, 7) is 3.14. The maximum atomic E-state index is 4.68. The van der Waals surface area contributed by atoms with Crippen molar-refractivity contribution in [2.75, 3.05) is 26.7 Å². The summed E-state index contributed by atoms with van der Waals surface area (Å²) in [4.78, 5) is 15.5. The molecule has 0 spiro atoms. The minimum Gasteiger partial charge on any atom is -0.314 e. The molecule has 1 aliphatic heterocycles. The molecule has 0 saturated carbocycles. The number of piperazine rings is 1. The Hall–Kier alpha value is -1.85. The second-order valence-electron chi connectivity index (χ2n) is 5.14. The van der Waals surface area contributed by atoms with Crippen molar-refractivity contribution in [3.8, 4) is 11.3 Å². The average molecular weight is 269 g/mol. The summed E-state index contributed by atoms with van der Waals surface area (Å²) in [6, 6.07) is 6.36. The van der Waals surface area contributed by atoms with Crippen molar-refractivity contribution in [3.05, 3.63) is 42.6 Å². The molecule has 3 heterocycles. The molecule has 0 aromatic carbocycles. The van der Waals surface area contributed by atoms with E-state index in [0.29, 0.717) is 6.04 Å². The van der Waals surface area contributed by atoms with Crippen LogP contribution in [-0.4, -0.2) is 52.6 Å². The molecular formula is C15H19N5. The number of rotatable bonds is 3. The Balaban J connectivity index is 1.78. The van der Waals surface area contributed by atoms with Crippen molar-refractivity contribution >= 4 is 0 Å². The fourth-order valence-electron chi connectivity index (χ4n) is 2.48. The zero-order valence-electron chi connectivity index (χ0n) is 11.7. The van der Waals surface area contributed by atoms with Gasteiger partial charge in [0.05, 0.1) is 5.69 Å². The van der Waals surface area contributed by atoms with Crippen LogP contribution in [0.15, 0.2) is 36.8 Å². The summed E-state index contributed by atoms with van der Waals surface area (Å²) in [5, 5.41) is 3.43. The molecule has 0 amide bonds. The van der Waals surface area contributed by atoms with Gasteiger partial charge in [0.25, 0.3) is 0 Å². The predicted molar refractivity (Wildman–Crippen MR) is 78.3 cm³/mol. The molecule has 0 bridgehead atoms. The zero-order chi connectivity index (χ0) is 13.8. The SMILES string of the molecule is CN1CCNCC1Cc1nccc(-c2ccncc2)n1. The van der Waals surface area contributed by atoms with E-state index in [9.17, 15) is 0 Å². The summed E-state index contributed by atoms with van der Waals surface area (Å²) < 4.78 is 0. The highest BCUT2D eigenvalue weighted by molar-refractivity contribution is 5.57. The van der Waals surface area contributed by atoms with E-state index < -0.39 is 0 Å². The number of likely N-dealkylation sites (N-methyl/N-ethyl adjacent to an activating group) is 1. The van der Waals surface area contributed by atoms with Gasteiger partial charge in [-0.3, -0.25) is 4.98 Å². The van der Waals surface area contributed by atoms with Gasteiger partial charge in [0, 0.05) is 56.3 Å². The molecule has 3 rings (SSSR count). The molecule has 0 aliphatic carbocycles. The van der Waals surface area contributed by atoms with E-state index in [-0.39, 0.29) is 0 Å². The van der Waals surface area contributed by atoms with Crippen LogP contribution < -0.4 is 5.32 Å². The first-order chi connectivity index (χ1) is 9.83. The Morgan fingerprint density at radius 2 is 2.10 bits per heavy atom. The Kier molecular flexibility index (Phi) is 3.99. The van der Waals surface area contributed by atoms with Gasteiger partial charge in [0.1, 0.15) is 5.82 Å². The molecule has 1 unspecified atom stereocenters. The summed E-state index contributed by atoms with van der Waals surface area (Å²) in [6.07, 6.45) is 6.29. The van der Waals surface area contributed by atoms with Gasteiger partial charge in [0.15, 0.2) is 0 Å². The monoisotopic (exact) mass is 269 g/mol. The third-order valence-electron chi connectivity index (χ3n) is 3.74. The molecule has 1 N–H and O–H groups in total. The van der Waals surface area contributed by atoms with E-state index in [1.54, 1.807) is 12.4 Å². The molecule has 1 fully saturated rings. The van der Waals surface area contributed by atoms with Gasteiger partial charge in [-0.1, -0.05) is 0 Å². The number of hydrogen-bond acceptors (Lipinski definition) is 5. The van der Waals surface area contributed by atoms with Crippen molar-refractivity contribution in [1.29, 1.82) is 0 Å². The van der Waals surface area contributed by atoms with E-state index in [4.69, 9.17) is 0 Å². The smallest absolute Gasteiger partial charge is 0.130 e. The topological polar surface area (TPSA) is 53.9 Å². The minimum atomic E-state index is 0.469. The zero-order valence-corrected chi connectivity index (χ0v) is 11.7. The second kappa shape index (κ2) is 6.07. The van der Waals surface area contributed by atoms with Crippen molar-refractivity contribution in [2.45, 2.75) is 12.5 Å². The van der Waals surface area contributed by atoms with Crippen LogP contribution in [0, 0.1) is 0 Å². The minimum absolute atomic E-state index is 0.469. The van der Waals surface area contributed by atoms with E-state index in [2.05, 4.69) is 32.2 Å². The molecule has 5 heteroatoms. The lowest BCUT2D eigenvalue weighted by atomic mass is 10.1. The standard InChI is InChI=1S/C15H19N5/c1-20-9-8-17-11-13(20)10-15-18-7-4-14(19-15)12-2-5-16-6-3-12/h2-7,13,17H,8-11H2,1H3. The van der Waals surface area contributed by atoms with Gasteiger partial charge in [-0.2, -0.15) is 0 Å². The van der Waals surface area contributed by atoms with Crippen molar-refractivity contribution < 1.29 is 0 Å². The Morgan fingerprint density at radius 3 is 2.90 bits per heavy atom. The van der Waals surface area contributed by atoms with Crippen LogP contribution in [0.25, 0.3) is 11.3 Å². The second-order valence-corrected chi connectivity index (χ2v) is 5.14. The molecule has 2 aromatic heterocycles. The quantitative estimate of drug-likeness (QED) is 0.900. The lowest BCUT2D eigenvalue weighted by Gasteiger charge is -2.32. The highest BCUT2D eigenvalue weighted by atomic mass is 15.2. The van der Waals surface area contributed by atoms with Crippen LogP contribution >= 0.6 is 0 Å². The number of hydrogen-bond donors (Lipinski definition) is 1. The summed E-state index contributed by atoms with van der Waals surface area (Å²) >= 11 is 0. The highest BCUT2D eigenvalue weighted by Gasteiger charge is 2.20. The molecule has 1 aliphatic rings. The largest absolute Gasteiger partial charge is 0.314 e. The normalized spacial score (nSPS) is 19.9. The highest BCUT2D eigenvalue weighted by Crippen LogP contribution is 2.15. The van der Waals surface area contributed by atoms with E-state index >= 15 is 0 Å². The van der Waals surface area contributed by atoms with Gasteiger partial charge in [0.2, 0.25) is 0 Å². The van der Waals surface area contributed by atoms with Crippen molar-refractivity contribution in [2.24, 2.45) is 0 Å². The van der Waals surface area contributed by atoms with Crippen LogP contribution in [0.3, 0.4) is 0 Å². The number of pyridine rings is 1. The Morgan fingerprint density at radius 1 is 1.25 bits per heavy atom. The van der Waals surface area contributed by atoms with E-state index in [0.717, 1.165) is 43.1 Å². The van der Waals surface area contributed by atoms with Gasteiger partial charge in [-0.15, -0.1) is 0 Å². The lowest BCUT2D eigenvalue weighted by molar-refractivity contribution is 0.197. The molecule has 2 aromatic rings. The molecule has 1 saturated heterocycles. The summed E-state index contributed by atoms with van der Waals surface area (Å²) in [5.41, 5.74) is 2.04. The third-order valence-corrected chi connectivity index (χ3v) is 3.74. The fourth-order valence-corrected chi connectivity index (χ4v) is 2.48. The Bertz CT molecular complexity index is 557. The fraction of sp³-hybridized carbons (Fsp3) is 0.400. The third kappa shape index (κ3) is 3.00. The molecule has 0 radical (unpaired) electrons. The van der Waals surface area contributed by atoms with Crippen LogP contribution in [0.4, 0.5) is 0 Å². The van der Waals surface area contributed by atoms with Crippen LogP contribution in [0.2, 0.25) is 0 Å². The van der Waals surface area contributed by atoms with Crippen LogP contribution in [0.5, 0.6) is 0 Å². The van der Waals surface area contributed by atoms with Crippen LogP contribution in [0.1, 0.15) is 5.82 Å². The maximum absolute atomic E-state index is 4.68. The number of aromatic nitrogens is 3. The van der Waals surface area contributed by atoms with Gasteiger partial charge >= 0.3 is 0 Å². The van der Waals surface area contributed by atoms with Gasteiger partial charge in [-0.05, 0) is 25.2 Å². The van der Waals surface area contributed by atoms with Crippen molar-refractivity contribution in [1.82, 2.24) is 25.2 Å².